The number of aryl methyl sites for hydroxylation is 1. The van der Waals surface area contributed by atoms with Crippen LogP contribution in [0.2, 0.25) is 5.02 Å². The third kappa shape index (κ3) is 3.49. The van der Waals surface area contributed by atoms with Crippen LogP contribution in [0, 0.1) is 0 Å². The highest BCUT2D eigenvalue weighted by Gasteiger charge is 2.19. The Kier molecular flexibility index (Phi) is 5.96. The number of hydrogen-bond donors (Lipinski definition) is 2. The van der Waals surface area contributed by atoms with Gasteiger partial charge in [0.2, 0.25) is 0 Å². The second kappa shape index (κ2) is 8.20. The van der Waals surface area contributed by atoms with Crippen LogP contribution < -0.4 is 11.3 Å². The summed E-state index contributed by atoms with van der Waals surface area (Å²) in [5.41, 5.74) is 8.53. The smallest absolute Gasteiger partial charge is 0.263 e. The van der Waals surface area contributed by atoms with Crippen LogP contribution in [0.15, 0.2) is 23.0 Å². The Morgan fingerprint density at radius 3 is 2.92 bits per heavy atom. The van der Waals surface area contributed by atoms with Crippen LogP contribution in [-0.2, 0) is 11.2 Å². The number of fused-ring (bicyclic) bond motifs is 3. The normalized spacial score (nSPS) is 12.9. The van der Waals surface area contributed by atoms with Crippen molar-refractivity contribution in [2.75, 3.05) is 13.7 Å². The minimum absolute atomic E-state index is 0.0914. The van der Waals surface area contributed by atoms with Crippen LogP contribution >= 0.6 is 11.6 Å². The number of hydrogen-bond acceptors (Lipinski definition) is 4. The predicted octanol–water partition coefficient (Wildman–Crippen LogP) is 3.76. The number of H-pyrrole nitrogens is 1. The van der Waals surface area contributed by atoms with E-state index in [1.165, 1.54) is 0 Å². The number of halogens is 1. The van der Waals surface area contributed by atoms with E-state index in [0.29, 0.717) is 22.5 Å². The number of rotatable bonds is 8. The second-order valence-electron chi connectivity index (χ2n) is 6.57. The molecule has 0 saturated carbocycles. The molecule has 0 fully saturated rings. The molecule has 0 aliphatic carbocycles. The van der Waals surface area contributed by atoms with Crippen LogP contribution in [0.5, 0.6) is 0 Å². The Bertz CT molecular complexity index is 963. The quantitative estimate of drug-likeness (QED) is 0.586. The van der Waals surface area contributed by atoms with E-state index in [9.17, 15) is 4.79 Å². The molecule has 0 saturated heterocycles. The highest BCUT2D eigenvalue weighted by molar-refractivity contribution is 6.31. The number of nitrogens with two attached hydrogens (primary N) is 1. The summed E-state index contributed by atoms with van der Waals surface area (Å²) in [4.78, 5) is 13.3. The molecule has 0 spiro atoms. The van der Waals surface area contributed by atoms with E-state index in [0.717, 1.165) is 48.7 Å². The van der Waals surface area contributed by atoms with Crippen molar-refractivity contribution in [1.29, 1.82) is 0 Å². The van der Waals surface area contributed by atoms with Crippen LogP contribution in [0.4, 0.5) is 0 Å². The lowest BCUT2D eigenvalue weighted by Gasteiger charge is -2.18. The number of unbranched alkanes of at least 4 members (excludes halogenated alkanes) is 1. The fourth-order valence-corrected chi connectivity index (χ4v) is 3.60. The first-order valence-corrected chi connectivity index (χ1v) is 9.41. The minimum atomic E-state index is -0.378. The molecule has 3 aromatic rings. The zero-order valence-electron chi connectivity index (χ0n) is 15.2. The highest BCUT2D eigenvalue weighted by atomic mass is 35.5. The summed E-state index contributed by atoms with van der Waals surface area (Å²) < 4.78 is 6.78. The molecular formula is C19H25ClN4O2. The molecule has 1 atom stereocenters. The Morgan fingerprint density at radius 2 is 2.19 bits per heavy atom. The summed E-state index contributed by atoms with van der Waals surface area (Å²) in [7, 11) is 1.69. The number of aromatic nitrogens is 3. The molecule has 1 unspecified atom stereocenters. The number of ether oxygens (including phenoxy) is 1. The van der Waals surface area contributed by atoms with Crippen molar-refractivity contribution in [2.45, 2.75) is 45.2 Å². The molecule has 26 heavy (non-hydrogen) atoms. The molecule has 2 aromatic heterocycles. The van der Waals surface area contributed by atoms with Gasteiger partial charge in [-0.15, -0.1) is 0 Å². The summed E-state index contributed by atoms with van der Waals surface area (Å²) in [5.74, 6) is 0. The van der Waals surface area contributed by atoms with E-state index < -0.39 is 0 Å². The Morgan fingerprint density at radius 1 is 1.38 bits per heavy atom. The van der Waals surface area contributed by atoms with Gasteiger partial charge in [-0.05, 0) is 43.9 Å². The zero-order chi connectivity index (χ0) is 18.7. The molecule has 2 heterocycles. The van der Waals surface area contributed by atoms with E-state index in [1.54, 1.807) is 17.7 Å². The zero-order valence-corrected chi connectivity index (χ0v) is 16.0. The van der Waals surface area contributed by atoms with Gasteiger partial charge in [-0.2, -0.15) is 5.10 Å². The summed E-state index contributed by atoms with van der Waals surface area (Å²) in [6.07, 6.45) is 3.83. The van der Waals surface area contributed by atoms with Crippen molar-refractivity contribution in [3.8, 4) is 0 Å². The van der Waals surface area contributed by atoms with Crippen molar-refractivity contribution >= 4 is 33.4 Å². The van der Waals surface area contributed by atoms with Gasteiger partial charge in [-0.3, -0.25) is 14.5 Å². The topological polar surface area (TPSA) is 85.9 Å². The maximum Gasteiger partial charge on any atom is 0.263 e. The molecule has 140 valence electrons. The van der Waals surface area contributed by atoms with Crippen molar-refractivity contribution < 1.29 is 4.74 Å². The first-order chi connectivity index (χ1) is 12.6. The van der Waals surface area contributed by atoms with E-state index in [4.69, 9.17) is 22.1 Å². The maximum atomic E-state index is 13.3. The summed E-state index contributed by atoms with van der Waals surface area (Å²) >= 11 is 6.21. The van der Waals surface area contributed by atoms with Crippen LogP contribution in [0.1, 0.15) is 44.5 Å². The molecule has 0 amide bonds. The SMILES string of the molecule is CCCC(N)n1c(=O)c2c(CCCCOC)[nH]nc2c2cc(Cl)ccc21. The number of aromatic amines is 1. The molecule has 7 heteroatoms. The monoisotopic (exact) mass is 376 g/mol. The van der Waals surface area contributed by atoms with Gasteiger partial charge in [0.1, 0.15) is 5.52 Å². The molecule has 0 aliphatic heterocycles. The van der Waals surface area contributed by atoms with Gasteiger partial charge in [-0.1, -0.05) is 24.9 Å². The van der Waals surface area contributed by atoms with Crippen LogP contribution in [0.3, 0.4) is 0 Å². The molecule has 6 nitrogen and oxygen atoms in total. The average Bonchev–Trinajstić information content (AvgIpc) is 3.04. The van der Waals surface area contributed by atoms with Crippen LogP contribution in [-0.4, -0.2) is 28.5 Å². The Hall–Kier alpha value is -1.89. The van der Waals surface area contributed by atoms with Crippen molar-refractivity contribution in [1.82, 2.24) is 14.8 Å². The van der Waals surface area contributed by atoms with Gasteiger partial charge in [-0.25, -0.2) is 0 Å². The maximum absolute atomic E-state index is 13.3. The summed E-state index contributed by atoms with van der Waals surface area (Å²) in [5, 5.41) is 9.55. The fourth-order valence-electron chi connectivity index (χ4n) is 3.42. The minimum Gasteiger partial charge on any atom is -0.385 e. The lowest BCUT2D eigenvalue weighted by molar-refractivity contribution is 0.193. The molecule has 0 aliphatic rings. The van der Waals surface area contributed by atoms with Gasteiger partial charge in [0.05, 0.1) is 17.1 Å². The van der Waals surface area contributed by atoms with Crippen LogP contribution in [0.25, 0.3) is 21.8 Å². The van der Waals surface area contributed by atoms with E-state index in [2.05, 4.69) is 17.1 Å². The van der Waals surface area contributed by atoms with Gasteiger partial charge >= 0.3 is 0 Å². The van der Waals surface area contributed by atoms with Gasteiger partial charge in [0.25, 0.3) is 5.56 Å². The van der Waals surface area contributed by atoms with Gasteiger partial charge < -0.3 is 10.5 Å². The van der Waals surface area contributed by atoms with Gasteiger partial charge in [0.15, 0.2) is 0 Å². The summed E-state index contributed by atoms with van der Waals surface area (Å²) in [6.45, 7) is 2.76. The second-order valence-corrected chi connectivity index (χ2v) is 7.00. The number of benzene rings is 1. The summed E-state index contributed by atoms with van der Waals surface area (Å²) in [6, 6.07) is 5.48. The lowest BCUT2D eigenvalue weighted by atomic mass is 10.1. The molecular weight excluding hydrogens is 352 g/mol. The Labute approximate surface area is 157 Å². The molecule has 3 N–H and O–H groups in total. The third-order valence-corrected chi connectivity index (χ3v) is 4.92. The molecule has 3 rings (SSSR count). The first kappa shape index (κ1) is 18.9. The Balaban J connectivity index is 2.20. The van der Waals surface area contributed by atoms with E-state index in [1.807, 2.05) is 12.1 Å². The standard InChI is InChI=1S/C19H25ClN4O2/c1-3-6-16(21)24-15-9-8-12(20)11-13(15)18-17(19(24)25)14(22-23-18)7-4-5-10-26-2/h8-9,11,16H,3-7,10,21H2,1-2H3,(H,22,23). The van der Waals surface area contributed by atoms with Gasteiger partial charge in [0, 0.05) is 29.8 Å². The van der Waals surface area contributed by atoms with Crippen molar-refractivity contribution in [3.63, 3.8) is 0 Å². The average molecular weight is 377 g/mol. The number of nitrogens with zero attached hydrogens (tertiary/aromatic N) is 2. The van der Waals surface area contributed by atoms with E-state index >= 15 is 0 Å². The lowest BCUT2D eigenvalue weighted by Crippen LogP contribution is -2.30. The number of pyridine rings is 1. The molecule has 0 bridgehead atoms. The fraction of sp³-hybridized carbons (Fsp3) is 0.474. The highest BCUT2D eigenvalue weighted by Crippen LogP contribution is 2.28. The number of methoxy groups -OCH3 is 1. The molecule has 0 radical (unpaired) electrons. The van der Waals surface area contributed by atoms with E-state index in [-0.39, 0.29) is 11.7 Å². The molecule has 1 aromatic carbocycles. The number of nitrogens with one attached hydrogen (secondary N) is 1. The third-order valence-electron chi connectivity index (χ3n) is 4.69. The van der Waals surface area contributed by atoms with Crippen molar-refractivity contribution in [2.24, 2.45) is 5.73 Å². The predicted molar refractivity (Wildman–Crippen MR) is 106 cm³/mol. The van der Waals surface area contributed by atoms with Crippen molar-refractivity contribution in [3.05, 3.63) is 39.3 Å². The first-order valence-electron chi connectivity index (χ1n) is 9.03. The largest absolute Gasteiger partial charge is 0.385 e.